The third kappa shape index (κ3) is 8.97. The van der Waals surface area contributed by atoms with Crippen LogP contribution in [-0.2, 0) is 14.9 Å². The third-order valence-electron chi connectivity index (χ3n) is 7.25. The Labute approximate surface area is 240 Å². The molecule has 0 saturated carbocycles. The van der Waals surface area contributed by atoms with E-state index in [9.17, 15) is 9.59 Å². The maximum atomic E-state index is 12.5. The zero-order chi connectivity index (χ0) is 29.1. The Morgan fingerprint density at radius 1 is 0.900 bits per heavy atom. The number of nitrogens with one attached hydrogen (secondary N) is 1. The van der Waals surface area contributed by atoms with Crippen LogP contribution >= 0.6 is 0 Å². The lowest BCUT2D eigenvalue weighted by Crippen LogP contribution is -2.26. The first-order valence-electron chi connectivity index (χ1n) is 14.5. The summed E-state index contributed by atoms with van der Waals surface area (Å²) < 4.78 is 11.2. The molecule has 0 saturated heterocycles. The molecule has 3 aromatic carbocycles. The maximum absolute atomic E-state index is 12.5. The lowest BCUT2D eigenvalue weighted by atomic mass is 9.86. The lowest BCUT2D eigenvalue weighted by molar-refractivity contribution is -0.140. The Bertz CT molecular complexity index is 1240. The Hall–Kier alpha value is -3.60. The molecular weight excluding hydrogens is 498 g/mol. The highest BCUT2D eigenvalue weighted by atomic mass is 16.5. The van der Waals surface area contributed by atoms with Crippen molar-refractivity contribution in [3.8, 4) is 16.9 Å². The van der Waals surface area contributed by atoms with E-state index in [0.29, 0.717) is 5.56 Å². The van der Waals surface area contributed by atoms with E-state index < -0.39 is 0 Å². The van der Waals surface area contributed by atoms with Crippen LogP contribution in [0.1, 0.15) is 99.4 Å². The second-order valence-corrected chi connectivity index (χ2v) is 11.5. The number of benzene rings is 3. The van der Waals surface area contributed by atoms with Crippen LogP contribution in [0.5, 0.6) is 5.75 Å². The van der Waals surface area contributed by atoms with Crippen molar-refractivity contribution >= 4 is 11.9 Å². The van der Waals surface area contributed by atoms with E-state index in [0.717, 1.165) is 24.2 Å². The first kappa shape index (κ1) is 30.9. The van der Waals surface area contributed by atoms with E-state index in [-0.39, 0.29) is 36.4 Å². The average Bonchev–Trinajstić information content (AvgIpc) is 2.94. The number of methoxy groups -OCH3 is 1. The number of hydrogen-bond donors (Lipinski definition) is 1. The van der Waals surface area contributed by atoms with Gasteiger partial charge in [0, 0.05) is 12.1 Å². The van der Waals surface area contributed by atoms with Crippen molar-refractivity contribution in [2.75, 3.05) is 13.7 Å². The summed E-state index contributed by atoms with van der Waals surface area (Å²) in [7, 11) is 1.34. The van der Waals surface area contributed by atoms with Gasteiger partial charge in [0.25, 0.3) is 5.91 Å². The molecule has 5 nitrogen and oxygen atoms in total. The van der Waals surface area contributed by atoms with E-state index in [1.807, 2.05) is 24.3 Å². The van der Waals surface area contributed by atoms with Gasteiger partial charge in [0.1, 0.15) is 11.9 Å². The molecule has 0 aliphatic carbocycles. The molecule has 0 aliphatic heterocycles. The molecule has 1 N–H and O–H groups in total. The molecule has 0 radical (unpaired) electrons. The van der Waals surface area contributed by atoms with Crippen LogP contribution in [-0.4, -0.2) is 25.5 Å². The molecule has 1 amide bonds. The standard InChI is InChI=1S/C35H45NO4/c1-7-8-9-10-11-32(27-12-14-28(15-13-27)34(38)36-23-22-33(37)39-6)40-30-20-21-31(25(2)24-30)26-16-18-29(19-17-26)35(3,4)5/h12-21,24,32H,7-11,22-23H2,1-6H3,(H,36,38). The molecule has 5 heteroatoms. The van der Waals surface area contributed by atoms with Crippen LogP contribution in [0, 0.1) is 6.92 Å². The molecular formula is C35H45NO4. The van der Waals surface area contributed by atoms with Gasteiger partial charge in [-0.15, -0.1) is 0 Å². The highest BCUT2D eigenvalue weighted by Gasteiger charge is 2.17. The topological polar surface area (TPSA) is 64.6 Å². The third-order valence-corrected chi connectivity index (χ3v) is 7.25. The summed E-state index contributed by atoms with van der Waals surface area (Å²) in [6.45, 7) is 11.3. The molecule has 40 heavy (non-hydrogen) atoms. The minimum atomic E-state index is -0.347. The quantitative estimate of drug-likeness (QED) is 0.174. The van der Waals surface area contributed by atoms with E-state index in [1.54, 1.807) is 0 Å². The van der Waals surface area contributed by atoms with Gasteiger partial charge in [0.05, 0.1) is 13.5 Å². The zero-order valence-corrected chi connectivity index (χ0v) is 25.0. The first-order valence-corrected chi connectivity index (χ1v) is 14.5. The molecule has 3 aromatic rings. The van der Waals surface area contributed by atoms with Crippen molar-refractivity contribution in [2.24, 2.45) is 0 Å². The summed E-state index contributed by atoms with van der Waals surface area (Å²) in [6.07, 6.45) is 5.57. The van der Waals surface area contributed by atoms with Crippen LogP contribution in [0.25, 0.3) is 11.1 Å². The van der Waals surface area contributed by atoms with Crippen LogP contribution < -0.4 is 10.1 Å². The summed E-state index contributed by atoms with van der Waals surface area (Å²) in [6, 6.07) is 22.7. The minimum absolute atomic E-state index is 0.107. The largest absolute Gasteiger partial charge is 0.486 e. The van der Waals surface area contributed by atoms with Crippen molar-refractivity contribution < 1.29 is 19.1 Å². The fraction of sp³-hybridized carbons (Fsp3) is 0.429. The number of amides is 1. The fourth-order valence-electron chi connectivity index (χ4n) is 4.73. The van der Waals surface area contributed by atoms with Gasteiger partial charge in [-0.25, -0.2) is 0 Å². The average molecular weight is 544 g/mol. The number of hydrogen-bond acceptors (Lipinski definition) is 4. The normalized spacial score (nSPS) is 12.1. The number of unbranched alkanes of at least 4 members (excludes halogenated alkanes) is 3. The van der Waals surface area contributed by atoms with Gasteiger partial charge in [0.15, 0.2) is 0 Å². The predicted molar refractivity (Wildman–Crippen MR) is 163 cm³/mol. The van der Waals surface area contributed by atoms with Crippen LogP contribution in [0.2, 0.25) is 0 Å². The number of rotatable bonds is 13. The molecule has 214 valence electrons. The summed E-state index contributed by atoms with van der Waals surface area (Å²) in [5.41, 5.74) is 6.62. The molecule has 0 spiro atoms. The van der Waals surface area contributed by atoms with E-state index >= 15 is 0 Å². The van der Waals surface area contributed by atoms with Crippen molar-refractivity contribution in [1.82, 2.24) is 5.32 Å². The lowest BCUT2D eigenvalue weighted by Gasteiger charge is -2.21. The van der Waals surface area contributed by atoms with Gasteiger partial charge < -0.3 is 14.8 Å². The Morgan fingerprint density at radius 2 is 1.60 bits per heavy atom. The monoisotopic (exact) mass is 543 g/mol. The minimum Gasteiger partial charge on any atom is -0.486 e. The van der Waals surface area contributed by atoms with Crippen molar-refractivity contribution in [1.29, 1.82) is 0 Å². The second kappa shape index (κ2) is 14.7. The van der Waals surface area contributed by atoms with Gasteiger partial charge in [0.2, 0.25) is 0 Å². The molecule has 0 aromatic heterocycles. The van der Waals surface area contributed by atoms with E-state index in [1.165, 1.54) is 48.6 Å². The SMILES string of the molecule is CCCCCCC(Oc1ccc(-c2ccc(C(C)(C)C)cc2)c(C)c1)c1ccc(C(=O)NCCC(=O)OC)cc1. The van der Waals surface area contributed by atoms with Crippen LogP contribution in [0.3, 0.4) is 0 Å². The van der Waals surface area contributed by atoms with E-state index in [2.05, 4.69) is 87.1 Å². The summed E-state index contributed by atoms with van der Waals surface area (Å²) >= 11 is 0. The fourth-order valence-corrected chi connectivity index (χ4v) is 4.73. The van der Waals surface area contributed by atoms with Crippen molar-refractivity contribution in [3.05, 3.63) is 89.0 Å². The summed E-state index contributed by atoms with van der Waals surface area (Å²) in [4.78, 5) is 23.8. The number of aryl methyl sites for hydroxylation is 1. The highest BCUT2D eigenvalue weighted by molar-refractivity contribution is 5.94. The molecule has 0 fully saturated rings. The second-order valence-electron chi connectivity index (χ2n) is 11.5. The highest BCUT2D eigenvalue weighted by Crippen LogP contribution is 2.33. The molecule has 0 heterocycles. The van der Waals surface area contributed by atoms with Crippen LogP contribution in [0.15, 0.2) is 66.7 Å². The smallest absolute Gasteiger partial charge is 0.307 e. The Kier molecular flexibility index (Phi) is 11.4. The Balaban J connectivity index is 1.73. The molecule has 3 rings (SSSR count). The number of esters is 1. The summed E-state index contributed by atoms with van der Waals surface area (Å²) in [5, 5.41) is 2.77. The molecule has 1 atom stereocenters. The number of ether oxygens (including phenoxy) is 2. The van der Waals surface area contributed by atoms with Gasteiger partial charge >= 0.3 is 5.97 Å². The zero-order valence-electron chi connectivity index (χ0n) is 25.0. The van der Waals surface area contributed by atoms with Crippen molar-refractivity contribution in [2.45, 2.75) is 84.7 Å². The Morgan fingerprint density at radius 3 is 2.20 bits per heavy atom. The van der Waals surface area contributed by atoms with Crippen molar-refractivity contribution in [3.63, 3.8) is 0 Å². The molecule has 1 unspecified atom stereocenters. The number of carbonyl (C=O) groups is 2. The molecule has 0 aliphatic rings. The van der Waals surface area contributed by atoms with E-state index in [4.69, 9.17) is 4.74 Å². The first-order chi connectivity index (χ1) is 19.1. The predicted octanol–water partition coefficient (Wildman–Crippen LogP) is 8.34. The van der Waals surface area contributed by atoms with Crippen LogP contribution in [0.4, 0.5) is 0 Å². The summed E-state index contributed by atoms with van der Waals surface area (Å²) in [5.74, 6) is 0.288. The molecule has 0 bridgehead atoms. The van der Waals surface area contributed by atoms with Gasteiger partial charge in [-0.3, -0.25) is 9.59 Å². The van der Waals surface area contributed by atoms with Gasteiger partial charge in [-0.2, -0.15) is 0 Å². The maximum Gasteiger partial charge on any atom is 0.307 e. The number of carbonyl (C=O) groups excluding carboxylic acids is 2. The van der Waals surface area contributed by atoms with Gasteiger partial charge in [-0.1, -0.05) is 89.4 Å². The van der Waals surface area contributed by atoms with Gasteiger partial charge in [-0.05, 0) is 77.3 Å².